The second-order valence-corrected chi connectivity index (χ2v) is 7.94. The molecule has 2 heterocycles. The van der Waals surface area contributed by atoms with E-state index in [0.29, 0.717) is 24.5 Å². The molecular formula is C21H25F3N4O3. The molecule has 0 saturated heterocycles. The molecule has 7 nitrogen and oxygen atoms in total. The number of hydrogen-bond acceptors (Lipinski definition) is 5. The highest BCUT2D eigenvalue weighted by Crippen LogP contribution is 2.45. The molecule has 0 unspecified atom stereocenters. The summed E-state index contributed by atoms with van der Waals surface area (Å²) in [6.07, 6.45) is -2.10. The number of amides is 1. The Bertz CT molecular complexity index is 956. The van der Waals surface area contributed by atoms with Crippen molar-refractivity contribution in [3.05, 3.63) is 35.5 Å². The minimum Gasteiger partial charge on any atom is -0.493 e. The Balaban J connectivity index is 1.42. The van der Waals surface area contributed by atoms with Crippen LogP contribution in [0.1, 0.15) is 41.4 Å². The summed E-state index contributed by atoms with van der Waals surface area (Å²) in [6, 6.07) is 4.89. The van der Waals surface area contributed by atoms with Gasteiger partial charge in [0, 0.05) is 18.7 Å². The molecule has 31 heavy (non-hydrogen) atoms. The maximum absolute atomic E-state index is 13.6. The molecule has 2 aromatic rings. The lowest BCUT2D eigenvalue weighted by Gasteiger charge is -2.33. The van der Waals surface area contributed by atoms with E-state index in [-0.39, 0.29) is 29.9 Å². The number of methoxy groups -OCH3 is 2. The van der Waals surface area contributed by atoms with Crippen LogP contribution in [0.4, 0.5) is 19.0 Å². The van der Waals surface area contributed by atoms with Gasteiger partial charge in [-0.15, -0.1) is 0 Å². The summed E-state index contributed by atoms with van der Waals surface area (Å²) in [5.41, 5.74) is 0.897. The molecule has 1 aliphatic carbocycles. The number of halogens is 3. The largest absolute Gasteiger partial charge is 0.493 e. The van der Waals surface area contributed by atoms with E-state index in [9.17, 15) is 18.0 Å². The fourth-order valence-corrected chi connectivity index (χ4v) is 3.97. The maximum atomic E-state index is 13.6. The summed E-state index contributed by atoms with van der Waals surface area (Å²) >= 11 is 0. The number of ether oxygens (including phenoxy) is 2. The highest BCUT2D eigenvalue weighted by atomic mass is 19.4. The van der Waals surface area contributed by atoms with Gasteiger partial charge in [0.25, 0.3) is 5.91 Å². The van der Waals surface area contributed by atoms with Crippen LogP contribution in [0.5, 0.6) is 11.5 Å². The fraction of sp³-hybridized carbons (Fsp3) is 0.524. The van der Waals surface area contributed by atoms with Crippen LogP contribution in [0.2, 0.25) is 0 Å². The predicted molar refractivity (Wildman–Crippen MR) is 108 cm³/mol. The van der Waals surface area contributed by atoms with E-state index in [1.807, 2.05) is 12.1 Å². The summed E-state index contributed by atoms with van der Waals surface area (Å²) in [5, 5.41) is 9.84. The number of nitrogens with one attached hydrogen (secondary N) is 2. The number of aromatic nitrogens is 2. The SMILES string of the molecule is COc1ccc(CCNC(=O)c2cc3n(n2)[C@@H](C(F)(F)F)C[C@@H](C2CC2)N3)cc1OC. The number of rotatable bonds is 7. The van der Waals surface area contributed by atoms with Crippen molar-refractivity contribution in [1.82, 2.24) is 15.1 Å². The van der Waals surface area contributed by atoms with Gasteiger partial charge < -0.3 is 20.1 Å². The first kappa shape index (κ1) is 21.3. The minimum absolute atomic E-state index is 0.0273. The Morgan fingerprint density at radius 2 is 1.97 bits per heavy atom. The number of alkyl halides is 3. The molecule has 2 N–H and O–H groups in total. The lowest BCUT2D eigenvalue weighted by molar-refractivity contribution is -0.174. The van der Waals surface area contributed by atoms with Gasteiger partial charge >= 0.3 is 6.18 Å². The highest BCUT2D eigenvalue weighted by molar-refractivity contribution is 5.93. The maximum Gasteiger partial charge on any atom is 0.410 e. The normalized spacial score (nSPS) is 20.5. The summed E-state index contributed by atoms with van der Waals surface area (Å²) < 4.78 is 52.1. The zero-order valence-electron chi connectivity index (χ0n) is 17.3. The molecule has 168 valence electrons. The molecule has 2 aliphatic rings. The Hall–Kier alpha value is -2.91. The number of nitrogens with zero attached hydrogens (tertiary/aromatic N) is 2. The number of carbonyl (C=O) groups is 1. The summed E-state index contributed by atoms with van der Waals surface area (Å²) in [6.45, 7) is 0.303. The van der Waals surface area contributed by atoms with Crippen molar-refractivity contribution in [2.45, 2.75) is 43.9 Å². The number of fused-ring (bicyclic) bond motifs is 1. The quantitative estimate of drug-likeness (QED) is 0.691. The van der Waals surface area contributed by atoms with E-state index in [1.54, 1.807) is 20.3 Å². The average Bonchev–Trinajstić information content (AvgIpc) is 3.50. The van der Waals surface area contributed by atoms with Crippen LogP contribution in [0.25, 0.3) is 0 Å². The first-order valence-corrected chi connectivity index (χ1v) is 10.2. The van der Waals surface area contributed by atoms with Crippen LogP contribution in [-0.4, -0.2) is 48.7 Å². The van der Waals surface area contributed by atoms with Crippen molar-refractivity contribution in [2.24, 2.45) is 5.92 Å². The third kappa shape index (κ3) is 4.57. The third-order valence-electron chi connectivity index (χ3n) is 5.79. The van der Waals surface area contributed by atoms with Crippen LogP contribution >= 0.6 is 0 Å². The molecule has 0 bridgehead atoms. The molecule has 1 aliphatic heterocycles. The van der Waals surface area contributed by atoms with Crippen molar-refractivity contribution in [1.29, 1.82) is 0 Å². The molecule has 4 rings (SSSR count). The molecule has 10 heteroatoms. The third-order valence-corrected chi connectivity index (χ3v) is 5.79. The average molecular weight is 438 g/mol. The van der Waals surface area contributed by atoms with Crippen molar-refractivity contribution in [3.8, 4) is 11.5 Å². The smallest absolute Gasteiger partial charge is 0.410 e. The second kappa shape index (κ2) is 8.32. The van der Waals surface area contributed by atoms with E-state index in [0.717, 1.165) is 23.1 Å². The van der Waals surface area contributed by atoms with Crippen LogP contribution in [0.3, 0.4) is 0 Å². The van der Waals surface area contributed by atoms with E-state index < -0.39 is 18.1 Å². The van der Waals surface area contributed by atoms with Gasteiger partial charge in [-0.1, -0.05) is 6.07 Å². The molecular weight excluding hydrogens is 413 g/mol. The van der Waals surface area contributed by atoms with Crippen LogP contribution < -0.4 is 20.1 Å². The van der Waals surface area contributed by atoms with Crippen molar-refractivity contribution in [3.63, 3.8) is 0 Å². The molecule has 1 saturated carbocycles. The van der Waals surface area contributed by atoms with Gasteiger partial charge in [0.15, 0.2) is 23.2 Å². The van der Waals surface area contributed by atoms with E-state index >= 15 is 0 Å². The number of hydrogen-bond donors (Lipinski definition) is 2. The Morgan fingerprint density at radius 1 is 1.23 bits per heavy atom. The standard InChI is InChI=1S/C21H25F3N4O3/c1-30-16-6-3-12(9-17(16)31-2)7-8-25-20(29)15-11-19-26-14(13-4-5-13)10-18(21(22,23)24)28(19)27-15/h3,6,9,11,13-14,18,26H,4-5,7-8,10H2,1-2H3,(H,25,29)/t14-,18+/m0/s1. The zero-order valence-corrected chi connectivity index (χ0v) is 17.3. The fourth-order valence-electron chi connectivity index (χ4n) is 3.97. The van der Waals surface area contributed by atoms with Crippen LogP contribution in [0.15, 0.2) is 24.3 Å². The van der Waals surface area contributed by atoms with Gasteiger partial charge in [0.2, 0.25) is 0 Å². The van der Waals surface area contributed by atoms with Crippen molar-refractivity contribution < 1.29 is 27.4 Å². The number of benzene rings is 1. The lowest BCUT2D eigenvalue weighted by atomic mass is 10.0. The van der Waals surface area contributed by atoms with Crippen molar-refractivity contribution >= 4 is 11.7 Å². The van der Waals surface area contributed by atoms with Gasteiger partial charge in [-0.3, -0.25) is 4.79 Å². The van der Waals surface area contributed by atoms with Crippen molar-refractivity contribution in [2.75, 3.05) is 26.1 Å². The molecule has 2 atom stereocenters. The second-order valence-electron chi connectivity index (χ2n) is 7.94. The molecule has 1 amide bonds. The van der Waals surface area contributed by atoms with E-state index in [1.165, 1.54) is 6.07 Å². The minimum atomic E-state index is -4.42. The Morgan fingerprint density at radius 3 is 2.61 bits per heavy atom. The lowest BCUT2D eigenvalue weighted by Crippen LogP contribution is -2.40. The Labute approximate surface area is 177 Å². The number of anilines is 1. The van der Waals surface area contributed by atoms with Gasteiger partial charge in [-0.05, 0) is 49.3 Å². The molecule has 0 radical (unpaired) electrons. The van der Waals surface area contributed by atoms with E-state index in [2.05, 4.69) is 15.7 Å². The first-order chi connectivity index (χ1) is 14.8. The van der Waals surface area contributed by atoms with Gasteiger partial charge in [0.05, 0.1) is 14.2 Å². The molecule has 0 spiro atoms. The van der Waals surface area contributed by atoms with Crippen LogP contribution in [0, 0.1) is 5.92 Å². The summed E-state index contributed by atoms with van der Waals surface area (Å²) in [7, 11) is 3.09. The predicted octanol–water partition coefficient (Wildman–Crippen LogP) is 3.57. The van der Waals surface area contributed by atoms with E-state index in [4.69, 9.17) is 9.47 Å². The Kier molecular flexibility index (Phi) is 5.72. The molecule has 1 aromatic heterocycles. The molecule has 1 fully saturated rings. The monoisotopic (exact) mass is 438 g/mol. The topological polar surface area (TPSA) is 77.4 Å². The summed E-state index contributed by atoms with van der Waals surface area (Å²) in [5.74, 6) is 1.19. The number of carbonyl (C=O) groups excluding carboxylic acids is 1. The van der Waals surface area contributed by atoms with Gasteiger partial charge in [0.1, 0.15) is 5.82 Å². The first-order valence-electron chi connectivity index (χ1n) is 10.2. The summed E-state index contributed by atoms with van der Waals surface area (Å²) in [4.78, 5) is 12.5. The van der Waals surface area contributed by atoms with Crippen LogP contribution in [-0.2, 0) is 6.42 Å². The molecule has 1 aromatic carbocycles. The van der Waals surface area contributed by atoms with Gasteiger partial charge in [-0.25, -0.2) is 4.68 Å². The zero-order chi connectivity index (χ0) is 22.2. The highest BCUT2D eigenvalue weighted by Gasteiger charge is 2.49. The van der Waals surface area contributed by atoms with Gasteiger partial charge in [-0.2, -0.15) is 18.3 Å².